The van der Waals surface area contributed by atoms with E-state index in [1.807, 2.05) is 30.3 Å². The second-order valence-corrected chi connectivity index (χ2v) is 7.62. The molecule has 1 saturated heterocycles. The number of fused-ring (bicyclic) bond motifs is 1. The molecule has 31 heavy (non-hydrogen) atoms. The Kier molecular flexibility index (Phi) is 6.08. The van der Waals surface area contributed by atoms with Crippen LogP contribution in [0.25, 0.3) is 10.9 Å². The molecule has 0 unspecified atom stereocenters. The van der Waals surface area contributed by atoms with Gasteiger partial charge in [-0.15, -0.1) is 0 Å². The van der Waals surface area contributed by atoms with Gasteiger partial charge in [0.1, 0.15) is 0 Å². The summed E-state index contributed by atoms with van der Waals surface area (Å²) in [5.74, 6) is -0.696. The fraction of sp³-hybridized carbons (Fsp3) is 0.304. The first-order valence-electron chi connectivity index (χ1n) is 10.2. The normalized spacial score (nSPS) is 16.1. The van der Waals surface area contributed by atoms with Crippen LogP contribution >= 0.6 is 0 Å². The number of hydrogen-bond donors (Lipinski definition) is 1. The van der Waals surface area contributed by atoms with Crippen LogP contribution in [-0.2, 0) is 27.4 Å². The average Bonchev–Trinajstić information content (AvgIpc) is 3.15. The lowest BCUT2D eigenvalue weighted by Gasteiger charge is -2.16. The largest absolute Gasteiger partial charge is 0.383 e. The first-order chi connectivity index (χ1) is 15.0. The lowest BCUT2D eigenvalue weighted by atomic mass is 10.1. The van der Waals surface area contributed by atoms with Crippen molar-refractivity contribution in [3.05, 3.63) is 70.8 Å². The summed E-state index contributed by atoms with van der Waals surface area (Å²) in [5.41, 5.74) is 1.91. The van der Waals surface area contributed by atoms with Gasteiger partial charge in [0.15, 0.2) is 0 Å². The van der Waals surface area contributed by atoms with Crippen molar-refractivity contribution in [2.75, 3.05) is 25.6 Å². The predicted octanol–water partition coefficient (Wildman–Crippen LogP) is 2.03. The SMILES string of the molecule is COCCn1cnc2ccc(NC(=O)[C@H]3CC(=O)N(Cc4ccccc4)C3)cc2c1=O. The third kappa shape index (κ3) is 4.64. The van der Waals surface area contributed by atoms with Crippen LogP contribution < -0.4 is 10.9 Å². The van der Waals surface area contributed by atoms with Gasteiger partial charge in [-0.2, -0.15) is 0 Å². The minimum absolute atomic E-state index is 0.0345. The fourth-order valence-corrected chi connectivity index (χ4v) is 3.73. The minimum Gasteiger partial charge on any atom is -0.383 e. The highest BCUT2D eigenvalue weighted by molar-refractivity contribution is 5.98. The lowest BCUT2D eigenvalue weighted by molar-refractivity contribution is -0.128. The molecule has 1 fully saturated rings. The molecule has 1 aromatic heterocycles. The summed E-state index contributed by atoms with van der Waals surface area (Å²) >= 11 is 0. The van der Waals surface area contributed by atoms with Crippen LogP contribution in [0.3, 0.4) is 0 Å². The summed E-state index contributed by atoms with van der Waals surface area (Å²) in [7, 11) is 1.57. The number of ether oxygens (including phenoxy) is 1. The number of benzene rings is 2. The number of nitrogens with one attached hydrogen (secondary N) is 1. The van der Waals surface area contributed by atoms with E-state index in [0.29, 0.717) is 42.8 Å². The number of hydrogen-bond acceptors (Lipinski definition) is 5. The molecule has 1 aliphatic rings. The number of nitrogens with zero attached hydrogens (tertiary/aromatic N) is 3. The molecule has 1 N–H and O–H groups in total. The zero-order valence-electron chi connectivity index (χ0n) is 17.3. The highest BCUT2D eigenvalue weighted by Gasteiger charge is 2.34. The molecule has 0 radical (unpaired) electrons. The molecular formula is C23H24N4O4. The molecule has 1 aliphatic heterocycles. The summed E-state index contributed by atoms with van der Waals surface area (Å²) < 4.78 is 6.51. The summed E-state index contributed by atoms with van der Waals surface area (Å²) in [6.07, 6.45) is 1.67. The van der Waals surface area contributed by atoms with E-state index in [2.05, 4.69) is 10.3 Å². The molecule has 0 spiro atoms. The van der Waals surface area contributed by atoms with Crippen LogP contribution in [0.1, 0.15) is 12.0 Å². The van der Waals surface area contributed by atoms with Gasteiger partial charge in [0.25, 0.3) is 5.56 Å². The van der Waals surface area contributed by atoms with Gasteiger partial charge in [0, 0.05) is 32.3 Å². The Balaban J connectivity index is 1.46. The monoisotopic (exact) mass is 420 g/mol. The van der Waals surface area contributed by atoms with Crippen LogP contribution in [0.4, 0.5) is 5.69 Å². The molecule has 160 valence electrons. The molecular weight excluding hydrogens is 396 g/mol. The topological polar surface area (TPSA) is 93.5 Å². The predicted molar refractivity (Wildman–Crippen MR) is 116 cm³/mol. The molecule has 0 aliphatic carbocycles. The average molecular weight is 420 g/mol. The van der Waals surface area contributed by atoms with Gasteiger partial charge in [0.05, 0.1) is 36.3 Å². The van der Waals surface area contributed by atoms with Crippen molar-refractivity contribution >= 4 is 28.4 Å². The van der Waals surface area contributed by atoms with Crippen LogP contribution in [0, 0.1) is 5.92 Å². The Hall–Kier alpha value is -3.52. The van der Waals surface area contributed by atoms with E-state index >= 15 is 0 Å². The van der Waals surface area contributed by atoms with Gasteiger partial charge in [0.2, 0.25) is 11.8 Å². The van der Waals surface area contributed by atoms with Gasteiger partial charge in [-0.3, -0.25) is 19.0 Å². The summed E-state index contributed by atoms with van der Waals surface area (Å²) in [6.45, 7) is 1.67. The zero-order chi connectivity index (χ0) is 21.8. The Morgan fingerprint density at radius 1 is 1.19 bits per heavy atom. The minimum atomic E-state index is -0.431. The Morgan fingerprint density at radius 2 is 2.00 bits per heavy atom. The summed E-state index contributed by atoms with van der Waals surface area (Å²) in [4.78, 5) is 43.8. The van der Waals surface area contributed by atoms with Crippen molar-refractivity contribution < 1.29 is 14.3 Å². The highest BCUT2D eigenvalue weighted by Crippen LogP contribution is 2.23. The van der Waals surface area contributed by atoms with E-state index in [0.717, 1.165) is 5.56 Å². The van der Waals surface area contributed by atoms with Gasteiger partial charge < -0.3 is 15.0 Å². The first kappa shape index (κ1) is 20.7. The highest BCUT2D eigenvalue weighted by atomic mass is 16.5. The first-order valence-corrected chi connectivity index (χ1v) is 10.2. The second kappa shape index (κ2) is 9.09. The number of aromatic nitrogens is 2. The van der Waals surface area contributed by atoms with Crippen molar-refractivity contribution in [2.45, 2.75) is 19.5 Å². The number of carbonyl (C=O) groups is 2. The van der Waals surface area contributed by atoms with Crippen molar-refractivity contribution in [3.8, 4) is 0 Å². The van der Waals surface area contributed by atoms with Crippen LogP contribution in [-0.4, -0.2) is 46.5 Å². The summed E-state index contributed by atoms with van der Waals surface area (Å²) in [6, 6.07) is 14.8. The maximum absolute atomic E-state index is 12.8. The van der Waals surface area contributed by atoms with E-state index in [-0.39, 0.29) is 23.8 Å². The Labute approximate surface area is 179 Å². The molecule has 8 nitrogen and oxygen atoms in total. The Morgan fingerprint density at radius 3 is 2.77 bits per heavy atom. The number of anilines is 1. The van der Waals surface area contributed by atoms with Gasteiger partial charge in [-0.05, 0) is 23.8 Å². The number of methoxy groups -OCH3 is 1. The standard InChI is InChI=1S/C23H24N4O4/c1-31-10-9-26-15-24-20-8-7-18(12-19(20)23(26)30)25-22(29)17-11-21(28)27(14-17)13-16-5-3-2-4-6-16/h2-8,12,15,17H,9-11,13-14H2,1H3,(H,25,29)/t17-/m0/s1. The molecule has 8 heteroatoms. The molecule has 4 rings (SSSR count). The Bertz CT molecular complexity index is 1160. The van der Waals surface area contributed by atoms with E-state index in [9.17, 15) is 14.4 Å². The molecule has 3 aromatic rings. The number of amides is 2. The number of carbonyl (C=O) groups excluding carboxylic acids is 2. The maximum atomic E-state index is 12.8. The van der Waals surface area contributed by atoms with Crippen molar-refractivity contribution in [2.24, 2.45) is 5.92 Å². The number of rotatable bonds is 7. The molecule has 0 bridgehead atoms. The molecule has 2 aromatic carbocycles. The number of likely N-dealkylation sites (tertiary alicyclic amines) is 1. The second-order valence-electron chi connectivity index (χ2n) is 7.62. The molecule has 1 atom stereocenters. The van der Waals surface area contributed by atoms with E-state index in [4.69, 9.17) is 4.74 Å². The third-order valence-electron chi connectivity index (χ3n) is 5.43. The van der Waals surface area contributed by atoms with Gasteiger partial charge in [-0.25, -0.2) is 4.98 Å². The van der Waals surface area contributed by atoms with Crippen LogP contribution in [0.15, 0.2) is 59.7 Å². The van der Waals surface area contributed by atoms with Crippen molar-refractivity contribution in [1.82, 2.24) is 14.5 Å². The quantitative estimate of drug-likeness (QED) is 0.631. The van der Waals surface area contributed by atoms with E-state index in [1.54, 1.807) is 30.2 Å². The lowest BCUT2D eigenvalue weighted by Crippen LogP contribution is -2.28. The molecule has 0 saturated carbocycles. The van der Waals surface area contributed by atoms with Gasteiger partial charge in [-0.1, -0.05) is 30.3 Å². The zero-order valence-corrected chi connectivity index (χ0v) is 17.3. The van der Waals surface area contributed by atoms with E-state index < -0.39 is 5.92 Å². The van der Waals surface area contributed by atoms with Crippen LogP contribution in [0.2, 0.25) is 0 Å². The van der Waals surface area contributed by atoms with Crippen LogP contribution in [0.5, 0.6) is 0 Å². The smallest absolute Gasteiger partial charge is 0.261 e. The maximum Gasteiger partial charge on any atom is 0.261 e. The van der Waals surface area contributed by atoms with Gasteiger partial charge >= 0.3 is 0 Å². The molecule has 2 heterocycles. The molecule has 2 amide bonds. The third-order valence-corrected chi connectivity index (χ3v) is 5.43. The fourth-order valence-electron chi connectivity index (χ4n) is 3.73. The van der Waals surface area contributed by atoms with Crippen molar-refractivity contribution in [1.29, 1.82) is 0 Å². The van der Waals surface area contributed by atoms with Crippen molar-refractivity contribution in [3.63, 3.8) is 0 Å². The summed E-state index contributed by atoms with van der Waals surface area (Å²) in [5, 5.41) is 3.27. The van der Waals surface area contributed by atoms with E-state index in [1.165, 1.54) is 10.9 Å².